The van der Waals surface area contributed by atoms with Crippen molar-refractivity contribution in [3.63, 3.8) is 0 Å². The molecule has 0 aromatic heterocycles. The summed E-state index contributed by atoms with van der Waals surface area (Å²) in [6.07, 6.45) is 2.15. The zero-order valence-electron chi connectivity index (χ0n) is 14.4. The molecule has 6 heteroatoms. The Hall–Kier alpha value is -0.425. The SMILES string of the molecule is CN1C2COCC1CC(C(=O)CB1OC(C)(C)C(C)(C)O1)C2. The van der Waals surface area contributed by atoms with Crippen LogP contribution in [-0.2, 0) is 18.8 Å². The Balaban J connectivity index is 1.59. The maximum absolute atomic E-state index is 12.7. The number of nitrogens with zero attached hydrogens (tertiary/aromatic N) is 1. The van der Waals surface area contributed by atoms with Crippen molar-refractivity contribution in [1.29, 1.82) is 0 Å². The number of ether oxygens (including phenoxy) is 1. The Kier molecular flexibility index (Phi) is 4.17. The van der Waals surface area contributed by atoms with E-state index >= 15 is 0 Å². The summed E-state index contributed by atoms with van der Waals surface area (Å²) >= 11 is 0. The third-order valence-corrected chi connectivity index (χ3v) is 6.01. The monoisotopic (exact) mass is 309 g/mol. The van der Waals surface area contributed by atoms with Gasteiger partial charge < -0.3 is 14.0 Å². The van der Waals surface area contributed by atoms with E-state index in [1.54, 1.807) is 0 Å². The maximum atomic E-state index is 12.7. The molecule has 3 aliphatic heterocycles. The van der Waals surface area contributed by atoms with Crippen LogP contribution in [0.4, 0.5) is 0 Å². The number of rotatable bonds is 3. The number of fused-ring (bicyclic) bond motifs is 2. The van der Waals surface area contributed by atoms with E-state index in [0.29, 0.717) is 18.4 Å². The first-order valence-corrected chi connectivity index (χ1v) is 8.37. The maximum Gasteiger partial charge on any atom is 0.465 e. The molecule has 3 heterocycles. The second kappa shape index (κ2) is 5.58. The number of piperidine rings is 1. The van der Waals surface area contributed by atoms with Crippen LogP contribution in [0.25, 0.3) is 0 Å². The minimum Gasteiger partial charge on any atom is -0.403 e. The summed E-state index contributed by atoms with van der Waals surface area (Å²) in [5.41, 5.74) is -0.732. The van der Waals surface area contributed by atoms with Crippen LogP contribution in [0.5, 0.6) is 0 Å². The topological polar surface area (TPSA) is 48.0 Å². The van der Waals surface area contributed by atoms with Crippen LogP contribution in [-0.4, -0.2) is 61.3 Å². The summed E-state index contributed by atoms with van der Waals surface area (Å²) in [6.45, 7) is 9.58. The molecule has 0 amide bonds. The predicted molar refractivity (Wildman–Crippen MR) is 84.8 cm³/mol. The Bertz CT molecular complexity index is 423. The molecular formula is C16H28BNO4. The smallest absolute Gasteiger partial charge is 0.403 e. The minimum atomic E-state index is -0.409. The summed E-state index contributed by atoms with van der Waals surface area (Å²) in [4.78, 5) is 15.1. The molecule has 0 spiro atoms. The van der Waals surface area contributed by atoms with Gasteiger partial charge >= 0.3 is 7.12 Å². The average Bonchev–Trinajstić information content (AvgIpc) is 2.56. The number of hydrogen-bond donors (Lipinski definition) is 0. The lowest BCUT2D eigenvalue weighted by Crippen LogP contribution is -2.56. The molecule has 3 rings (SSSR count). The molecule has 3 aliphatic rings. The third-order valence-electron chi connectivity index (χ3n) is 6.01. The standard InChI is InChI=1S/C16H28BNO4/c1-15(2)16(3,4)22-17(21-15)8-14(19)11-6-12-9-20-10-13(7-11)18(12)5/h11-13H,6-10H2,1-5H3. The van der Waals surface area contributed by atoms with Crippen molar-refractivity contribution >= 4 is 12.9 Å². The highest BCUT2D eigenvalue weighted by Gasteiger charge is 2.52. The molecular weight excluding hydrogens is 281 g/mol. The van der Waals surface area contributed by atoms with Gasteiger partial charge in [-0.2, -0.15) is 0 Å². The van der Waals surface area contributed by atoms with E-state index in [1.165, 1.54) is 0 Å². The fourth-order valence-electron chi connectivity index (χ4n) is 3.74. The molecule has 2 bridgehead atoms. The predicted octanol–water partition coefficient (Wildman–Crippen LogP) is 1.76. The lowest BCUT2D eigenvalue weighted by Gasteiger charge is -2.46. The molecule has 5 nitrogen and oxygen atoms in total. The van der Waals surface area contributed by atoms with E-state index in [1.807, 2.05) is 27.7 Å². The fourth-order valence-corrected chi connectivity index (χ4v) is 3.74. The van der Waals surface area contributed by atoms with E-state index in [2.05, 4.69) is 11.9 Å². The number of hydrogen-bond acceptors (Lipinski definition) is 5. The highest BCUT2D eigenvalue weighted by Crippen LogP contribution is 2.39. The average molecular weight is 309 g/mol. The van der Waals surface area contributed by atoms with E-state index in [-0.39, 0.29) is 22.9 Å². The van der Waals surface area contributed by atoms with Crippen LogP contribution < -0.4 is 0 Å². The largest absolute Gasteiger partial charge is 0.465 e. The number of morpholine rings is 1. The van der Waals surface area contributed by atoms with E-state index in [9.17, 15) is 4.79 Å². The second-order valence-corrected chi connectivity index (χ2v) is 8.04. The molecule has 0 radical (unpaired) electrons. The van der Waals surface area contributed by atoms with Gasteiger partial charge in [-0.1, -0.05) is 0 Å². The first kappa shape index (κ1) is 16.4. The Morgan fingerprint density at radius 1 is 1.09 bits per heavy atom. The molecule has 0 saturated carbocycles. The first-order valence-electron chi connectivity index (χ1n) is 8.37. The van der Waals surface area contributed by atoms with Gasteiger partial charge in [0.2, 0.25) is 0 Å². The molecule has 3 fully saturated rings. The van der Waals surface area contributed by atoms with Crippen LogP contribution in [0.1, 0.15) is 40.5 Å². The van der Waals surface area contributed by atoms with Crippen molar-refractivity contribution < 1.29 is 18.8 Å². The first-order chi connectivity index (χ1) is 10.2. The quantitative estimate of drug-likeness (QED) is 0.744. The van der Waals surface area contributed by atoms with Gasteiger partial charge in [0, 0.05) is 24.3 Å². The third kappa shape index (κ3) is 2.86. The molecule has 0 aromatic rings. The van der Waals surface area contributed by atoms with Crippen molar-refractivity contribution in [1.82, 2.24) is 4.90 Å². The molecule has 0 aromatic carbocycles. The van der Waals surface area contributed by atoms with Crippen molar-refractivity contribution in [3.8, 4) is 0 Å². The van der Waals surface area contributed by atoms with E-state index in [4.69, 9.17) is 14.0 Å². The number of carbonyl (C=O) groups is 1. The zero-order chi connectivity index (χ0) is 16.1. The Morgan fingerprint density at radius 3 is 2.09 bits per heavy atom. The Labute approximate surface area is 133 Å². The van der Waals surface area contributed by atoms with Crippen molar-refractivity contribution in [2.45, 2.75) is 70.1 Å². The molecule has 2 atom stereocenters. The van der Waals surface area contributed by atoms with Gasteiger partial charge in [0.1, 0.15) is 5.78 Å². The molecule has 0 aliphatic carbocycles. The second-order valence-electron chi connectivity index (χ2n) is 8.04. The number of ketones is 1. The number of Topliss-reactive ketones (excluding diaryl/α,β-unsaturated/α-hetero) is 1. The van der Waals surface area contributed by atoms with Gasteiger partial charge in [-0.15, -0.1) is 0 Å². The van der Waals surface area contributed by atoms with Gasteiger partial charge in [-0.25, -0.2) is 0 Å². The minimum absolute atomic E-state index is 0.120. The van der Waals surface area contributed by atoms with E-state index < -0.39 is 7.12 Å². The summed E-state index contributed by atoms with van der Waals surface area (Å²) in [5, 5.41) is 0. The van der Waals surface area contributed by atoms with Gasteiger partial charge in [0.15, 0.2) is 0 Å². The lowest BCUT2D eigenvalue weighted by molar-refractivity contribution is -0.129. The van der Waals surface area contributed by atoms with Crippen molar-refractivity contribution in [2.75, 3.05) is 20.3 Å². The van der Waals surface area contributed by atoms with Crippen molar-refractivity contribution in [3.05, 3.63) is 0 Å². The number of carbonyl (C=O) groups excluding carboxylic acids is 1. The normalized spacial score (nSPS) is 37.3. The van der Waals surface area contributed by atoms with Crippen LogP contribution in [0.15, 0.2) is 0 Å². The summed E-state index contributed by atoms with van der Waals surface area (Å²) in [7, 11) is 1.74. The van der Waals surface area contributed by atoms with Gasteiger partial charge in [0.25, 0.3) is 0 Å². The summed E-state index contributed by atoms with van der Waals surface area (Å²) < 4.78 is 17.5. The molecule has 3 saturated heterocycles. The Morgan fingerprint density at radius 2 is 1.59 bits per heavy atom. The van der Waals surface area contributed by atoms with Crippen molar-refractivity contribution in [2.24, 2.45) is 5.92 Å². The molecule has 22 heavy (non-hydrogen) atoms. The molecule has 2 unspecified atom stereocenters. The lowest BCUT2D eigenvalue weighted by atomic mass is 9.74. The summed E-state index contributed by atoms with van der Waals surface area (Å²) in [6, 6.07) is 0.750. The molecule has 0 N–H and O–H groups in total. The van der Waals surface area contributed by atoms with Crippen LogP contribution in [0.2, 0.25) is 6.32 Å². The highest BCUT2D eigenvalue weighted by molar-refractivity contribution is 6.50. The zero-order valence-corrected chi connectivity index (χ0v) is 14.4. The number of likely N-dealkylation sites (N-methyl/N-ethyl adjacent to an activating group) is 1. The molecule has 124 valence electrons. The highest BCUT2D eigenvalue weighted by atomic mass is 16.7. The van der Waals surface area contributed by atoms with Gasteiger partial charge in [-0.3, -0.25) is 9.69 Å². The summed E-state index contributed by atoms with van der Waals surface area (Å²) in [5.74, 6) is 0.401. The van der Waals surface area contributed by atoms with Crippen LogP contribution in [0.3, 0.4) is 0 Å². The van der Waals surface area contributed by atoms with Gasteiger partial charge in [0.05, 0.1) is 24.4 Å². The van der Waals surface area contributed by atoms with Crippen LogP contribution >= 0.6 is 0 Å². The fraction of sp³-hybridized carbons (Fsp3) is 0.938. The van der Waals surface area contributed by atoms with E-state index in [0.717, 1.165) is 26.1 Å². The van der Waals surface area contributed by atoms with Crippen LogP contribution in [0, 0.1) is 5.92 Å². The van der Waals surface area contributed by atoms with Gasteiger partial charge in [-0.05, 0) is 47.6 Å².